The number of hydrogen-bond acceptors (Lipinski definition) is 6. The van der Waals surface area contributed by atoms with Crippen LogP contribution in [0.1, 0.15) is 0 Å². The van der Waals surface area contributed by atoms with Crippen molar-refractivity contribution in [2.45, 2.75) is 0 Å². The van der Waals surface area contributed by atoms with E-state index in [4.69, 9.17) is 21.1 Å². The molecule has 0 spiro atoms. The molecule has 1 aromatic heterocycles. The Morgan fingerprint density at radius 3 is 2.78 bits per heavy atom. The first-order valence-corrected chi connectivity index (χ1v) is 8.55. The van der Waals surface area contributed by atoms with Gasteiger partial charge in [0.1, 0.15) is 11.2 Å². The number of carbonyl (C=O) groups excluding carboxylic acids is 2. The Morgan fingerprint density at radius 1 is 1.19 bits per heavy atom. The molecule has 3 aromatic rings. The number of β-amino-alcohol motifs (C(OH)–C–C–N with tert-alkyl or cyclic N) is 1. The lowest BCUT2D eigenvalue weighted by Crippen LogP contribution is -2.34. The van der Waals surface area contributed by atoms with E-state index in [2.05, 4.69) is 10.3 Å². The Balaban J connectivity index is 1.64. The van der Waals surface area contributed by atoms with E-state index in [-0.39, 0.29) is 18.8 Å². The van der Waals surface area contributed by atoms with Crippen LogP contribution in [0, 0.1) is 0 Å². The highest BCUT2D eigenvalue weighted by Crippen LogP contribution is 2.31. The summed E-state index contributed by atoms with van der Waals surface area (Å²) in [5.41, 5.74) is 2.59. The average molecular weight is 384 g/mol. The third-order valence-corrected chi connectivity index (χ3v) is 4.44. The smallest absolute Gasteiger partial charge is 0.277 e. The lowest BCUT2D eigenvalue weighted by Gasteiger charge is -2.14. The summed E-state index contributed by atoms with van der Waals surface area (Å²) in [5.74, 6) is -0.583. The number of imide groups is 1. The molecule has 0 saturated carbocycles. The molecule has 0 saturated heterocycles. The molecule has 2 amide bonds. The van der Waals surface area contributed by atoms with Gasteiger partial charge in [-0.05, 0) is 30.3 Å². The number of fused-ring (bicyclic) bond motifs is 1. The van der Waals surface area contributed by atoms with Gasteiger partial charge in [0.25, 0.3) is 11.8 Å². The number of rotatable bonds is 5. The van der Waals surface area contributed by atoms with E-state index in [9.17, 15) is 9.59 Å². The minimum absolute atomic E-state index is 0.0595. The van der Waals surface area contributed by atoms with Crippen molar-refractivity contribution >= 4 is 40.2 Å². The van der Waals surface area contributed by atoms with Crippen LogP contribution in [0.2, 0.25) is 5.02 Å². The van der Waals surface area contributed by atoms with E-state index >= 15 is 0 Å². The molecular weight excluding hydrogens is 370 g/mol. The second kappa shape index (κ2) is 6.86. The summed E-state index contributed by atoms with van der Waals surface area (Å²) in [5, 5.41) is 12.2. The number of nitrogens with zero attached hydrogens (tertiary/aromatic N) is 2. The molecule has 0 unspecified atom stereocenters. The normalized spacial score (nSPS) is 14.1. The summed E-state index contributed by atoms with van der Waals surface area (Å²) in [6.07, 6.45) is 1.18. The van der Waals surface area contributed by atoms with Gasteiger partial charge in [-0.1, -0.05) is 23.7 Å². The highest BCUT2D eigenvalue weighted by Gasteiger charge is 2.31. The molecular formula is C19H14ClN3O4. The zero-order valence-corrected chi connectivity index (χ0v) is 14.7. The molecule has 136 valence electrons. The predicted octanol–water partition coefficient (Wildman–Crippen LogP) is 2.81. The van der Waals surface area contributed by atoms with Crippen LogP contribution in [-0.2, 0) is 9.59 Å². The minimum Gasteiger partial charge on any atom is -0.436 e. The van der Waals surface area contributed by atoms with E-state index < -0.39 is 11.8 Å². The Morgan fingerprint density at radius 2 is 2.00 bits per heavy atom. The topological polar surface area (TPSA) is 95.7 Å². The molecule has 1 aliphatic heterocycles. The molecule has 2 aromatic carbocycles. The standard InChI is InChI=1S/C19H14ClN3O4/c20-12-6-5-11(18-22-13-3-1-2-4-16(13)27-18)9-14(12)21-15-10-17(25)23(7-8-24)19(15)26/h1-6,9-10,21,24H,7-8H2. The van der Waals surface area contributed by atoms with Gasteiger partial charge in [-0.3, -0.25) is 14.5 Å². The fourth-order valence-corrected chi connectivity index (χ4v) is 2.97. The van der Waals surface area contributed by atoms with E-state index in [1.165, 1.54) is 6.08 Å². The van der Waals surface area contributed by atoms with Crippen molar-refractivity contribution in [3.63, 3.8) is 0 Å². The van der Waals surface area contributed by atoms with Crippen LogP contribution in [0.15, 0.2) is 58.7 Å². The molecule has 2 heterocycles. The maximum Gasteiger partial charge on any atom is 0.277 e. The first-order valence-electron chi connectivity index (χ1n) is 8.18. The summed E-state index contributed by atoms with van der Waals surface area (Å²) in [4.78, 5) is 29.5. The van der Waals surface area contributed by atoms with Crippen molar-refractivity contribution in [3.05, 3.63) is 59.3 Å². The minimum atomic E-state index is -0.516. The number of halogens is 1. The number of para-hydroxylation sites is 2. The average Bonchev–Trinajstić information content (AvgIpc) is 3.20. The number of benzene rings is 2. The largest absolute Gasteiger partial charge is 0.436 e. The van der Waals surface area contributed by atoms with Crippen LogP contribution in [0.4, 0.5) is 5.69 Å². The number of aliphatic hydroxyl groups is 1. The molecule has 0 fully saturated rings. The van der Waals surface area contributed by atoms with Crippen molar-refractivity contribution in [2.24, 2.45) is 0 Å². The predicted molar refractivity (Wildman–Crippen MR) is 100.0 cm³/mol. The molecule has 0 radical (unpaired) electrons. The summed E-state index contributed by atoms with van der Waals surface area (Å²) in [7, 11) is 0. The number of carbonyl (C=O) groups is 2. The molecule has 4 rings (SSSR count). The SMILES string of the molecule is O=C1C=C(Nc2cc(-c3nc4ccccc4o3)ccc2Cl)C(=O)N1CCO. The summed E-state index contributed by atoms with van der Waals surface area (Å²) in [6, 6.07) is 12.5. The van der Waals surface area contributed by atoms with Gasteiger partial charge in [0.15, 0.2) is 5.58 Å². The first-order chi connectivity index (χ1) is 13.1. The van der Waals surface area contributed by atoms with Gasteiger partial charge in [0.2, 0.25) is 5.89 Å². The number of hydrogen-bond donors (Lipinski definition) is 2. The zero-order chi connectivity index (χ0) is 19.0. The van der Waals surface area contributed by atoms with Gasteiger partial charge in [0, 0.05) is 11.6 Å². The molecule has 27 heavy (non-hydrogen) atoms. The third-order valence-electron chi connectivity index (χ3n) is 4.11. The number of anilines is 1. The fraction of sp³-hybridized carbons (Fsp3) is 0.105. The van der Waals surface area contributed by atoms with Crippen LogP contribution >= 0.6 is 11.6 Å². The van der Waals surface area contributed by atoms with Crippen molar-refractivity contribution in [1.29, 1.82) is 0 Å². The number of aromatic nitrogens is 1. The van der Waals surface area contributed by atoms with Crippen molar-refractivity contribution in [2.75, 3.05) is 18.5 Å². The summed E-state index contributed by atoms with van der Waals surface area (Å²) < 4.78 is 5.75. The molecule has 8 heteroatoms. The Kier molecular flexibility index (Phi) is 4.39. The Bertz CT molecular complexity index is 1060. The maximum absolute atomic E-state index is 12.3. The first kappa shape index (κ1) is 17.3. The van der Waals surface area contributed by atoms with Crippen LogP contribution in [0.25, 0.3) is 22.6 Å². The summed E-state index contributed by atoms with van der Waals surface area (Å²) >= 11 is 6.23. The van der Waals surface area contributed by atoms with E-state index in [0.717, 1.165) is 10.4 Å². The Hall–Kier alpha value is -3.16. The van der Waals surface area contributed by atoms with Gasteiger partial charge >= 0.3 is 0 Å². The molecule has 2 N–H and O–H groups in total. The van der Waals surface area contributed by atoms with E-state index in [1.54, 1.807) is 18.2 Å². The lowest BCUT2D eigenvalue weighted by molar-refractivity contribution is -0.137. The van der Waals surface area contributed by atoms with E-state index in [0.29, 0.717) is 27.7 Å². The molecule has 0 atom stereocenters. The highest BCUT2D eigenvalue weighted by molar-refractivity contribution is 6.33. The Labute approximate surface area is 158 Å². The second-order valence-electron chi connectivity index (χ2n) is 5.88. The fourth-order valence-electron chi connectivity index (χ4n) is 2.80. The lowest BCUT2D eigenvalue weighted by atomic mass is 10.2. The number of aliphatic hydroxyl groups excluding tert-OH is 1. The highest BCUT2D eigenvalue weighted by atomic mass is 35.5. The third kappa shape index (κ3) is 3.18. The van der Waals surface area contributed by atoms with E-state index in [1.807, 2.05) is 24.3 Å². The second-order valence-corrected chi connectivity index (χ2v) is 6.29. The van der Waals surface area contributed by atoms with Crippen molar-refractivity contribution in [1.82, 2.24) is 9.88 Å². The number of nitrogens with one attached hydrogen (secondary N) is 1. The molecule has 1 aliphatic rings. The molecule has 0 bridgehead atoms. The van der Waals surface area contributed by atoms with Crippen molar-refractivity contribution < 1.29 is 19.1 Å². The van der Waals surface area contributed by atoms with Crippen molar-refractivity contribution in [3.8, 4) is 11.5 Å². The van der Waals surface area contributed by atoms with Crippen LogP contribution in [-0.4, -0.2) is 40.0 Å². The van der Waals surface area contributed by atoms with Gasteiger partial charge in [-0.2, -0.15) is 0 Å². The van der Waals surface area contributed by atoms with Gasteiger partial charge in [-0.25, -0.2) is 4.98 Å². The monoisotopic (exact) mass is 383 g/mol. The van der Waals surface area contributed by atoms with Gasteiger partial charge in [-0.15, -0.1) is 0 Å². The number of oxazole rings is 1. The van der Waals surface area contributed by atoms with Gasteiger partial charge < -0.3 is 14.8 Å². The van der Waals surface area contributed by atoms with Crippen LogP contribution in [0.5, 0.6) is 0 Å². The maximum atomic E-state index is 12.3. The van der Waals surface area contributed by atoms with Gasteiger partial charge in [0.05, 0.1) is 23.9 Å². The molecule has 7 nitrogen and oxygen atoms in total. The van der Waals surface area contributed by atoms with Crippen LogP contribution in [0.3, 0.4) is 0 Å². The quantitative estimate of drug-likeness (QED) is 0.658. The zero-order valence-electron chi connectivity index (χ0n) is 14.0. The summed E-state index contributed by atoms with van der Waals surface area (Å²) in [6.45, 7) is -0.359. The van der Waals surface area contributed by atoms with Crippen LogP contribution < -0.4 is 5.32 Å². The molecule has 0 aliphatic carbocycles. The number of amides is 2.